The van der Waals surface area contributed by atoms with E-state index in [1.165, 1.54) is 29.2 Å². The van der Waals surface area contributed by atoms with Gasteiger partial charge in [-0.1, -0.05) is 36.8 Å². The number of hydrogen-bond donors (Lipinski definition) is 1. The van der Waals surface area contributed by atoms with Gasteiger partial charge in [-0.25, -0.2) is 12.8 Å². The molecular weight excluding hydrogens is 545 g/mol. The molecular formula is C31H38FN3O5S. The minimum absolute atomic E-state index is 0.0144. The van der Waals surface area contributed by atoms with Crippen molar-refractivity contribution in [3.8, 4) is 5.75 Å². The van der Waals surface area contributed by atoms with E-state index in [1.54, 1.807) is 50.4 Å². The molecule has 3 rings (SSSR count). The number of carbonyl (C=O) groups excluding carboxylic acids is 2. The Morgan fingerprint density at radius 3 is 2.05 bits per heavy atom. The van der Waals surface area contributed by atoms with Crippen molar-refractivity contribution in [1.82, 2.24) is 10.2 Å². The number of rotatable bonds is 11. The molecule has 0 fully saturated rings. The molecule has 1 N–H and O–H groups in total. The zero-order valence-electron chi connectivity index (χ0n) is 24.3. The molecule has 0 saturated heterocycles. The SMILES string of the molecule is CCC(C(=O)NC(C)(C)C)N(Cc1ccc(OC)cc1)C(=O)CN(c1ccc(F)cc1)S(=O)(=O)c1ccc(C)cc1. The van der Waals surface area contributed by atoms with Crippen molar-refractivity contribution in [3.63, 3.8) is 0 Å². The third-order valence-corrected chi connectivity index (χ3v) is 8.19. The maximum atomic E-state index is 14.1. The second kappa shape index (κ2) is 13.2. The second-order valence-corrected chi connectivity index (χ2v) is 12.7. The number of ether oxygens (including phenoxy) is 1. The third kappa shape index (κ3) is 8.29. The number of amides is 2. The number of benzene rings is 3. The minimum Gasteiger partial charge on any atom is -0.497 e. The van der Waals surface area contributed by atoms with Crippen LogP contribution in [-0.2, 0) is 26.2 Å². The van der Waals surface area contributed by atoms with Crippen LogP contribution >= 0.6 is 0 Å². The first kappa shape index (κ1) is 31.6. The number of halogens is 1. The van der Waals surface area contributed by atoms with E-state index in [9.17, 15) is 22.4 Å². The van der Waals surface area contributed by atoms with Crippen LogP contribution in [0.2, 0.25) is 0 Å². The normalized spacial score (nSPS) is 12.4. The summed E-state index contributed by atoms with van der Waals surface area (Å²) >= 11 is 0. The molecule has 41 heavy (non-hydrogen) atoms. The fourth-order valence-corrected chi connectivity index (χ4v) is 5.69. The molecule has 3 aromatic rings. The van der Waals surface area contributed by atoms with Gasteiger partial charge in [-0.2, -0.15) is 0 Å². The minimum atomic E-state index is -4.23. The van der Waals surface area contributed by atoms with Gasteiger partial charge in [0, 0.05) is 12.1 Å². The molecule has 0 aromatic heterocycles. The summed E-state index contributed by atoms with van der Waals surface area (Å²) in [5.74, 6) is -0.845. The van der Waals surface area contributed by atoms with Crippen molar-refractivity contribution in [2.45, 2.75) is 64.1 Å². The van der Waals surface area contributed by atoms with Crippen LogP contribution < -0.4 is 14.4 Å². The van der Waals surface area contributed by atoms with E-state index in [0.29, 0.717) is 12.2 Å². The Bertz CT molecular complexity index is 1440. The molecule has 220 valence electrons. The monoisotopic (exact) mass is 583 g/mol. The molecule has 0 bridgehead atoms. The van der Waals surface area contributed by atoms with E-state index in [1.807, 2.05) is 27.7 Å². The maximum Gasteiger partial charge on any atom is 0.264 e. The van der Waals surface area contributed by atoms with Crippen LogP contribution in [-0.4, -0.2) is 50.4 Å². The number of hydrogen-bond acceptors (Lipinski definition) is 5. The predicted molar refractivity (Wildman–Crippen MR) is 158 cm³/mol. The van der Waals surface area contributed by atoms with Crippen LogP contribution in [0.5, 0.6) is 5.75 Å². The summed E-state index contributed by atoms with van der Waals surface area (Å²) in [7, 11) is -2.68. The first-order chi connectivity index (χ1) is 19.2. The number of methoxy groups -OCH3 is 1. The van der Waals surface area contributed by atoms with Gasteiger partial charge in [0.25, 0.3) is 10.0 Å². The molecule has 0 aliphatic carbocycles. The predicted octanol–water partition coefficient (Wildman–Crippen LogP) is 5.06. The lowest BCUT2D eigenvalue weighted by Gasteiger charge is -2.34. The molecule has 8 nitrogen and oxygen atoms in total. The van der Waals surface area contributed by atoms with Crippen molar-refractivity contribution < 1.29 is 27.1 Å². The van der Waals surface area contributed by atoms with Gasteiger partial charge in [-0.15, -0.1) is 0 Å². The molecule has 0 saturated carbocycles. The number of nitrogens with one attached hydrogen (secondary N) is 1. The Balaban J connectivity index is 2.06. The molecule has 1 atom stereocenters. The summed E-state index contributed by atoms with van der Waals surface area (Å²) in [4.78, 5) is 28.8. The van der Waals surface area contributed by atoms with Gasteiger partial charge in [0.2, 0.25) is 11.8 Å². The first-order valence-electron chi connectivity index (χ1n) is 13.3. The number of aryl methyl sites for hydroxylation is 1. The van der Waals surface area contributed by atoms with Gasteiger partial charge < -0.3 is 15.0 Å². The number of nitrogens with zero attached hydrogens (tertiary/aromatic N) is 2. The molecule has 0 aliphatic rings. The molecule has 0 heterocycles. The highest BCUT2D eigenvalue weighted by Gasteiger charge is 2.34. The fourth-order valence-electron chi connectivity index (χ4n) is 4.27. The van der Waals surface area contributed by atoms with Crippen LogP contribution in [0, 0.1) is 12.7 Å². The number of sulfonamides is 1. The molecule has 0 spiro atoms. The molecule has 1 unspecified atom stereocenters. The largest absolute Gasteiger partial charge is 0.497 e. The average Bonchev–Trinajstić information content (AvgIpc) is 2.91. The summed E-state index contributed by atoms with van der Waals surface area (Å²) in [5, 5.41) is 2.94. The Hall–Kier alpha value is -3.92. The highest BCUT2D eigenvalue weighted by molar-refractivity contribution is 7.92. The summed E-state index contributed by atoms with van der Waals surface area (Å²) in [6, 6.07) is 17.4. The van der Waals surface area contributed by atoms with Crippen molar-refractivity contribution in [1.29, 1.82) is 0 Å². The van der Waals surface area contributed by atoms with Gasteiger partial charge >= 0.3 is 0 Å². The van der Waals surface area contributed by atoms with Gasteiger partial charge in [-0.3, -0.25) is 13.9 Å². The van der Waals surface area contributed by atoms with Crippen LogP contribution in [0.25, 0.3) is 0 Å². The highest BCUT2D eigenvalue weighted by Crippen LogP contribution is 2.26. The third-order valence-electron chi connectivity index (χ3n) is 6.40. The lowest BCUT2D eigenvalue weighted by atomic mass is 10.1. The van der Waals surface area contributed by atoms with Crippen LogP contribution in [0.1, 0.15) is 45.2 Å². The zero-order chi connectivity index (χ0) is 30.4. The van der Waals surface area contributed by atoms with Gasteiger partial charge in [0.1, 0.15) is 24.2 Å². The Morgan fingerprint density at radius 2 is 1.54 bits per heavy atom. The smallest absolute Gasteiger partial charge is 0.264 e. The standard InChI is InChI=1S/C31H38FN3O5S/c1-7-28(30(37)33-31(3,4)5)34(20-23-10-16-26(40-6)17-11-23)29(36)21-35(25-14-12-24(32)13-15-25)41(38,39)27-18-8-22(2)9-19-27/h8-19,28H,7,20-21H2,1-6H3,(H,33,37). The first-order valence-corrected chi connectivity index (χ1v) is 14.8. The maximum absolute atomic E-state index is 14.1. The fraction of sp³-hybridized carbons (Fsp3) is 0.355. The van der Waals surface area contributed by atoms with E-state index in [0.717, 1.165) is 27.6 Å². The van der Waals surface area contributed by atoms with E-state index in [2.05, 4.69) is 5.32 Å². The zero-order valence-corrected chi connectivity index (χ0v) is 25.2. The van der Waals surface area contributed by atoms with Gasteiger partial charge in [-0.05, 0) is 88.2 Å². The Morgan fingerprint density at radius 1 is 0.951 bits per heavy atom. The van der Waals surface area contributed by atoms with Crippen LogP contribution in [0.3, 0.4) is 0 Å². The van der Waals surface area contributed by atoms with E-state index in [-0.39, 0.29) is 23.0 Å². The highest BCUT2D eigenvalue weighted by atomic mass is 32.2. The summed E-state index contributed by atoms with van der Waals surface area (Å²) < 4.78 is 47.7. The van der Waals surface area contributed by atoms with Crippen molar-refractivity contribution >= 4 is 27.5 Å². The molecule has 3 aromatic carbocycles. The Kier molecular flexibility index (Phi) is 10.1. The number of anilines is 1. The molecule has 0 aliphatic heterocycles. The second-order valence-electron chi connectivity index (χ2n) is 10.8. The summed E-state index contributed by atoms with van der Waals surface area (Å²) in [6.07, 6.45) is 0.297. The molecule has 10 heteroatoms. The van der Waals surface area contributed by atoms with E-state index >= 15 is 0 Å². The summed E-state index contributed by atoms with van der Waals surface area (Å²) in [6.45, 7) is 8.62. The van der Waals surface area contributed by atoms with E-state index < -0.39 is 39.9 Å². The molecule has 0 radical (unpaired) electrons. The topological polar surface area (TPSA) is 96.0 Å². The van der Waals surface area contributed by atoms with Crippen LogP contribution in [0.15, 0.2) is 77.7 Å². The van der Waals surface area contributed by atoms with Gasteiger partial charge in [0.15, 0.2) is 0 Å². The average molecular weight is 584 g/mol. The Labute approximate surface area is 242 Å². The van der Waals surface area contributed by atoms with Crippen molar-refractivity contribution in [3.05, 3.63) is 89.7 Å². The number of carbonyl (C=O) groups is 2. The van der Waals surface area contributed by atoms with Crippen molar-refractivity contribution in [2.75, 3.05) is 18.0 Å². The summed E-state index contributed by atoms with van der Waals surface area (Å²) in [5.41, 5.74) is 1.18. The van der Waals surface area contributed by atoms with Gasteiger partial charge in [0.05, 0.1) is 17.7 Å². The van der Waals surface area contributed by atoms with Crippen molar-refractivity contribution in [2.24, 2.45) is 0 Å². The quantitative estimate of drug-likeness (QED) is 0.341. The van der Waals surface area contributed by atoms with Crippen LogP contribution in [0.4, 0.5) is 10.1 Å². The molecule has 2 amide bonds. The lowest BCUT2D eigenvalue weighted by molar-refractivity contribution is -0.141. The lowest BCUT2D eigenvalue weighted by Crippen LogP contribution is -2.55. The van der Waals surface area contributed by atoms with E-state index in [4.69, 9.17) is 4.74 Å².